The van der Waals surface area contributed by atoms with Gasteiger partial charge in [-0.2, -0.15) is 0 Å². The van der Waals surface area contributed by atoms with Crippen LogP contribution in [-0.4, -0.2) is 97.5 Å². The number of carbonyl (C=O) groups excluding carboxylic acids is 3. The Labute approximate surface area is 383 Å². The van der Waals surface area contributed by atoms with Gasteiger partial charge in [0.2, 0.25) is 11.8 Å². The number of aromatic nitrogens is 4. The summed E-state index contributed by atoms with van der Waals surface area (Å²) in [6.45, 7) is 8.26. The average Bonchev–Trinajstić information content (AvgIpc) is 4.12. The van der Waals surface area contributed by atoms with Crippen molar-refractivity contribution in [2.75, 3.05) is 25.1 Å². The molecule has 3 fully saturated rings. The van der Waals surface area contributed by atoms with Crippen LogP contribution in [0.5, 0.6) is 5.75 Å². The number of fused-ring (bicyclic) bond motifs is 2. The Morgan fingerprint density at radius 2 is 1.24 bits per heavy atom. The molecule has 8 rings (SSSR count). The van der Waals surface area contributed by atoms with Crippen LogP contribution in [0.2, 0.25) is 5.02 Å². The number of carboxylic acid groups (broad SMARTS) is 1. The largest absolute Gasteiger partial charge is 0.573 e. The number of likely N-dealkylation sites (tertiary alicyclic amines) is 2. The van der Waals surface area contributed by atoms with Crippen molar-refractivity contribution in [2.24, 2.45) is 11.8 Å². The van der Waals surface area contributed by atoms with Crippen LogP contribution >= 0.6 is 11.6 Å². The molecule has 5 N–H and O–H groups in total. The number of alkyl carbamates (subject to hydrolysis) is 1. The van der Waals surface area contributed by atoms with Gasteiger partial charge in [0, 0.05) is 18.8 Å². The fourth-order valence-corrected chi connectivity index (χ4v) is 10.1. The SMILES string of the molecule is COC(=O)NC(C(=O)N1CCC[C@H]1c1nc2ccc(C3CC[C@H](c4ccc5nc([C@@H]6CCCN6C(=O)C(NC(=O)O)C(C)C)[nH]c5c4)N3c3ccc(OC(F)(F)F)c(Cl)c3)cc2[nH]1)C(C)C. The van der Waals surface area contributed by atoms with Gasteiger partial charge in [-0.3, -0.25) is 9.59 Å². The first kappa shape index (κ1) is 46.3. The zero-order valence-corrected chi connectivity index (χ0v) is 37.9. The lowest BCUT2D eigenvalue weighted by molar-refractivity contribution is -0.274. The number of carbonyl (C=O) groups is 4. The van der Waals surface area contributed by atoms with Crippen molar-refractivity contribution in [3.8, 4) is 5.75 Å². The van der Waals surface area contributed by atoms with Crippen LogP contribution in [0.1, 0.15) is 113 Å². The van der Waals surface area contributed by atoms with E-state index in [1.807, 2.05) is 50.2 Å². The molecule has 6 atom stereocenters. The van der Waals surface area contributed by atoms with E-state index in [0.29, 0.717) is 67.1 Å². The number of imidazole rings is 2. The molecule has 2 aromatic heterocycles. The summed E-state index contributed by atoms with van der Waals surface area (Å²) >= 11 is 6.49. The van der Waals surface area contributed by atoms with E-state index in [2.05, 4.69) is 30.2 Å². The zero-order valence-electron chi connectivity index (χ0n) is 37.1. The number of hydrogen-bond acceptors (Lipinski definition) is 9. The van der Waals surface area contributed by atoms with Crippen LogP contribution in [0.15, 0.2) is 54.6 Å². The predicted octanol–water partition coefficient (Wildman–Crippen LogP) is 9.07. The molecule has 4 amide bonds. The molecule has 5 heterocycles. The van der Waals surface area contributed by atoms with Crippen LogP contribution in [0.4, 0.5) is 28.4 Å². The summed E-state index contributed by atoms with van der Waals surface area (Å²) in [5.74, 6) is -0.289. The molecule has 3 aromatic carbocycles. The topological polar surface area (TPSA) is 198 Å². The second kappa shape index (κ2) is 18.6. The summed E-state index contributed by atoms with van der Waals surface area (Å²) in [5.41, 5.74) is 5.25. The van der Waals surface area contributed by atoms with Gasteiger partial charge in [-0.05, 0) is 104 Å². The highest BCUT2D eigenvalue weighted by Crippen LogP contribution is 2.49. The number of methoxy groups -OCH3 is 1. The summed E-state index contributed by atoms with van der Waals surface area (Å²) in [6, 6.07) is 13.1. The highest BCUT2D eigenvalue weighted by molar-refractivity contribution is 6.32. The Bertz CT molecular complexity index is 2640. The molecule has 3 aliphatic rings. The van der Waals surface area contributed by atoms with Crippen molar-refractivity contribution in [3.63, 3.8) is 0 Å². The van der Waals surface area contributed by atoms with Crippen LogP contribution in [0, 0.1) is 11.8 Å². The Morgan fingerprint density at radius 1 is 0.742 bits per heavy atom. The second-order valence-electron chi connectivity index (χ2n) is 17.9. The number of halogens is 4. The Hall–Kier alpha value is -6.24. The molecular formula is C46H53ClF3N9O7. The maximum absolute atomic E-state index is 13.8. The van der Waals surface area contributed by atoms with Crippen molar-refractivity contribution in [1.29, 1.82) is 0 Å². The minimum absolute atomic E-state index is 0.190. The number of ether oxygens (including phenoxy) is 2. The first-order valence-corrected chi connectivity index (χ1v) is 22.6. The van der Waals surface area contributed by atoms with E-state index in [1.54, 1.807) is 29.7 Å². The molecule has 16 nitrogen and oxygen atoms in total. The first-order valence-electron chi connectivity index (χ1n) is 22.2. The average molecular weight is 936 g/mol. The van der Waals surface area contributed by atoms with Crippen molar-refractivity contribution in [3.05, 3.63) is 82.4 Å². The highest BCUT2D eigenvalue weighted by Gasteiger charge is 2.41. The number of nitrogens with one attached hydrogen (secondary N) is 4. The molecule has 0 spiro atoms. The molecule has 66 heavy (non-hydrogen) atoms. The summed E-state index contributed by atoms with van der Waals surface area (Å²) in [5, 5.41) is 14.3. The Morgan fingerprint density at radius 3 is 1.68 bits per heavy atom. The van der Waals surface area contributed by atoms with Crippen molar-refractivity contribution >= 4 is 63.4 Å². The zero-order chi connectivity index (χ0) is 47.2. The fraction of sp³-hybridized carbons (Fsp3) is 0.478. The van der Waals surface area contributed by atoms with Crippen molar-refractivity contribution < 1.29 is 46.9 Å². The number of alkyl halides is 3. The minimum Gasteiger partial charge on any atom is -0.465 e. The number of H-pyrrole nitrogens is 2. The summed E-state index contributed by atoms with van der Waals surface area (Å²) in [6.07, 6.45) is -2.76. The molecule has 5 aromatic rings. The van der Waals surface area contributed by atoms with E-state index in [9.17, 15) is 37.5 Å². The van der Waals surface area contributed by atoms with Gasteiger partial charge in [0.15, 0.2) is 0 Å². The smallest absolute Gasteiger partial charge is 0.465 e. The van der Waals surface area contributed by atoms with Gasteiger partial charge in [-0.25, -0.2) is 19.6 Å². The quantitative estimate of drug-likeness (QED) is 0.0805. The molecule has 0 bridgehead atoms. The van der Waals surface area contributed by atoms with E-state index < -0.39 is 36.4 Å². The number of nitrogens with zero attached hydrogens (tertiary/aromatic N) is 5. The van der Waals surface area contributed by atoms with Crippen LogP contribution in [0.25, 0.3) is 22.1 Å². The lowest BCUT2D eigenvalue weighted by Gasteiger charge is -2.33. The summed E-state index contributed by atoms with van der Waals surface area (Å²) in [4.78, 5) is 73.5. The first-order chi connectivity index (χ1) is 31.4. The number of rotatable bonds is 12. The third-order valence-corrected chi connectivity index (χ3v) is 13.2. The van der Waals surface area contributed by atoms with Crippen LogP contribution in [0.3, 0.4) is 0 Å². The second-order valence-corrected chi connectivity index (χ2v) is 18.3. The maximum atomic E-state index is 13.8. The number of aromatic amines is 2. The lowest BCUT2D eigenvalue weighted by Crippen LogP contribution is -2.51. The molecule has 0 saturated carbocycles. The molecule has 20 heteroatoms. The lowest BCUT2D eigenvalue weighted by atomic mass is 10.0. The van der Waals surface area contributed by atoms with Gasteiger partial charge in [-0.15, -0.1) is 13.2 Å². The van der Waals surface area contributed by atoms with Gasteiger partial charge in [-0.1, -0.05) is 51.4 Å². The predicted molar refractivity (Wildman–Crippen MR) is 239 cm³/mol. The van der Waals surface area contributed by atoms with E-state index >= 15 is 0 Å². The molecule has 0 radical (unpaired) electrons. The number of anilines is 1. The third-order valence-electron chi connectivity index (χ3n) is 12.9. The van der Waals surface area contributed by atoms with E-state index in [-0.39, 0.29) is 52.8 Å². The van der Waals surface area contributed by atoms with Crippen molar-refractivity contribution in [2.45, 2.75) is 109 Å². The summed E-state index contributed by atoms with van der Waals surface area (Å²) in [7, 11) is 1.25. The molecule has 3 unspecified atom stereocenters. The van der Waals surface area contributed by atoms with E-state index in [4.69, 9.17) is 26.3 Å². The van der Waals surface area contributed by atoms with Crippen LogP contribution in [-0.2, 0) is 14.3 Å². The monoisotopic (exact) mass is 935 g/mol. The van der Waals surface area contributed by atoms with Crippen molar-refractivity contribution in [1.82, 2.24) is 40.4 Å². The molecule has 3 saturated heterocycles. The van der Waals surface area contributed by atoms with E-state index in [1.165, 1.54) is 19.2 Å². The molecule has 352 valence electrons. The number of hydrogen-bond donors (Lipinski definition) is 5. The number of benzene rings is 3. The maximum Gasteiger partial charge on any atom is 0.573 e. The summed E-state index contributed by atoms with van der Waals surface area (Å²) < 4.78 is 48.9. The third kappa shape index (κ3) is 9.39. The molecule has 3 aliphatic heterocycles. The fourth-order valence-electron chi connectivity index (χ4n) is 9.84. The van der Waals surface area contributed by atoms with E-state index in [0.717, 1.165) is 35.0 Å². The van der Waals surface area contributed by atoms with Gasteiger partial charge in [0.25, 0.3) is 0 Å². The van der Waals surface area contributed by atoms with Gasteiger partial charge in [0.1, 0.15) is 29.5 Å². The van der Waals surface area contributed by atoms with Gasteiger partial charge < -0.3 is 49.9 Å². The minimum atomic E-state index is -4.94. The molecule has 0 aliphatic carbocycles. The van der Waals surface area contributed by atoms with Gasteiger partial charge in [0.05, 0.1) is 58.4 Å². The normalized spacial score (nSPS) is 21.0. The Balaban J connectivity index is 1.11. The van der Waals surface area contributed by atoms with Crippen LogP contribution < -0.4 is 20.3 Å². The highest BCUT2D eigenvalue weighted by atomic mass is 35.5. The molecular weight excluding hydrogens is 883 g/mol. The number of amides is 4. The van der Waals surface area contributed by atoms with Gasteiger partial charge >= 0.3 is 18.5 Å². The Kier molecular flexibility index (Phi) is 13.0. The standard InChI is InChI=1S/C46H53ClF3N9O7/c1-23(2)38(55-44(62)63)42(60)57-18-6-8-35(57)40-51-29-13-10-25(20-31(29)53-40)33-15-16-34(59(33)27-12-17-37(28(47)22-27)66-46(48,49)50)26-11-14-30-32(21-26)54-41(52-30)36-9-7-19-58(36)43(61)39(24(3)4)56-45(64)65-5/h10-14,17,20-24,33-36,38-39,55H,6-9,15-16,18-19H2,1-5H3,(H,51,53)(H,52,54)(H,56,64)(H,62,63)/t33-,34?,35+,36+,38?,39?/m1/s1.